The number of aromatic nitrogens is 2. The standard InChI is InChI=1S/C33H39N7O2/c1-4-9-32(41)40-23-29(24-40)39(3)16-14-34-27-18-25-19-28(21-27)36-33-35-13-12-31(37-33)26-10-8-11-30(20-26)42-17-7-5-6-15-38(2)22-25/h5-6,8,10-13,18-21,29,34H,7,14-17,22-24H2,1-3H3,(H,35,36,37)/b6-5+. The van der Waals surface area contributed by atoms with E-state index in [4.69, 9.17) is 9.72 Å². The van der Waals surface area contributed by atoms with E-state index in [0.29, 0.717) is 18.6 Å². The molecule has 2 aliphatic rings. The predicted octanol–water partition coefficient (Wildman–Crippen LogP) is 4.24. The number of amides is 1. The fraction of sp³-hybridized carbons (Fsp3) is 0.364. The van der Waals surface area contributed by atoms with E-state index in [1.54, 1.807) is 18.0 Å². The average molecular weight is 566 g/mol. The average Bonchev–Trinajstić information content (AvgIpc) is 2.94. The highest BCUT2D eigenvalue weighted by molar-refractivity contribution is 5.94. The van der Waals surface area contributed by atoms with E-state index in [2.05, 4.69) is 81.7 Å². The maximum atomic E-state index is 11.9. The monoisotopic (exact) mass is 565 g/mol. The minimum Gasteiger partial charge on any atom is -0.493 e. The molecule has 3 aromatic rings. The second-order valence-electron chi connectivity index (χ2n) is 10.8. The molecule has 0 aliphatic carbocycles. The molecule has 1 amide bonds. The van der Waals surface area contributed by atoms with Crippen LogP contribution in [0.15, 0.2) is 66.9 Å². The summed E-state index contributed by atoms with van der Waals surface area (Å²) in [5.74, 6) is 6.59. The topological polar surface area (TPSA) is 85.9 Å². The van der Waals surface area contributed by atoms with E-state index in [1.807, 2.05) is 30.3 Å². The molecule has 42 heavy (non-hydrogen) atoms. The first-order valence-electron chi connectivity index (χ1n) is 14.4. The van der Waals surface area contributed by atoms with Crippen molar-refractivity contribution in [1.82, 2.24) is 24.7 Å². The molecule has 0 spiro atoms. The highest BCUT2D eigenvalue weighted by atomic mass is 16.5. The SMILES string of the molecule is CC#CC(=O)N1CC(N(C)CCNc2cc3cc(c2)Nc2nccc(n2)-c2cccc(c2)OCC/C=C/CN(C)C3)C1. The lowest BCUT2D eigenvalue weighted by atomic mass is 10.1. The first kappa shape index (κ1) is 29.1. The minimum atomic E-state index is -0.0853. The van der Waals surface area contributed by atoms with Crippen LogP contribution < -0.4 is 15.4 Å². The molecule has 218 valence electrons. The van der Waals surface area contributed by atoms with E-state index in [0.717, 1.165) is 74.1 Å². The molecule has 9 heteroatoms. The van der Waals surface area contributed by atoms with Gasteiger partial charge in [-0.1, -0.05) is 30.2 Å². The van der Waals surface area contributed by atoms with E-state index in [9.17, 15) is 4.79 Å². The number of anilines is 3. The van der Waals surface area contributed by atoms with Crippen LogP contribution in [0.4, 0.5) is 17.3 Å². The van der Waals surface area contributed by atoms with Gasteiger partial charge in [0.05, 0.1) is 12.3 Å². The third-order valence-corrected chi connectivity index (χ3v) is 7.42. The van der Waals surface area contributed by atoms with Crippen molar-refractivity contribution in [2.24, 2.45) is 0 Å². The number of fused-ring (bicyclic) bond motifs is 7. The van der Waals surface area contributed by atoms with E-state index in [-0.39, 0.29) is 5.91 Å². The summed E-state index contributed by atoms with van der Waals surface area (Å²) in [7, 11) is 4.23. The molecule has 5 rings (SSSR count). The number of hydrogen-bond donors (Lipinski definition) is 2. The number of likely N-dealkylation sites (N-methyl/N-ethyl adjacent to an activating group) is 2. The van der Waals surface area contributed by atoms with Gasteiger partial charge in [-0.2, -0.15) is 0 Å². The summed E-state index contributed by atoms with van der Waals surface area (Å²) in [5, 5.41) is 7.03. The van der Waals surface area contributed by atoms with Crippen LogP contribution >= 0.6 is 0 Å². The van der Waals surface area contributed by atoms with Crippen molar-refractivity contribution in [2.45, 2.75) is 25.9 Å². The second kappa shape index (κ2) is 14.0. The van der Waals surface area contributed by atoms with Gasteiger partial charge in [0.1, 0.15) is 5.75 Å². The number of nitrogens with zero attached hydrogens (tertiary/aromatic N) is 5. The second-order valence-corrected chi connectivity index (χ2v) is 10.8. The Kier molecular flexibility index (Phi) is 9.70. The van der Waals surface area contributed by atoms with Crippen LogP contribution in [0.3, 0.4) is 0 Å². The Morgan fingerprint density at radius 3 is 2.93 bits per heavy atom. The fourth-order valence-corrected chi connectivity index (χ4v) is 5.05. The third kappa shape index (κ3) is 7.87. The summed E-state index contributed by atoms with van der Waals surface area (Å²) in [5.41, 5.74) is 4.95. The van der Waals surface area contributed by atoms with Crippen molar-refractivity contribution in [2.75, 3.05) is 64.1 Å². The van der Waals surface area contributed by atoms with Crippen LogP contribution in [0.25, 0.3) is 11.3 Å². The van der Waals surface area contributed by atoms with Gasteiger partial charge in [0.25, 0.3) is 5.91 Å². The Morgan fingerprint density at radius 1 is 1.19 bits per heavy atom. The molecular weight excluding hydrogens is 526 g/mol. The van der Waals surface area contributed by atoms with Crippen LogP contribution in [-0.4, -0.2) is 90.0 Å². The highest BCUT2D eigenvalue weighted by Gasteiger charge is 2.32. The molecular formula is C33H39N7O2. The maximum absolute atomic E-state index is 11.9. The smallest absolute Gasteiger partial charge is 0.298 e. The van der Waals surface area contributed by atoms with Gasteiger partial charge in [0, 0.05) is 68.4 Å². The van der Waals surface area contributed by atoms with Crippen LogP contribution in [0.5, 0.6) is 5.75 Å². The van der Waals surface area contributed by atoms with Crippen LogP contribution in [0.1, 0.15) is 18.9 Å². The number of likely N-dealkylation sites (tertiary alicyclic amines) is 1. The van der Waals surface area contributed by atoms with Gasteiger partial charge in [0.15, 0.2) is 0 Å². The van der Waals surface area contributed by atoms with Crippen molar-refractivity contribution in [3.05, 3.63) is 72.4 Å². The molecule has 1 fully saturated rings. The molecule has 1 aromatic heterocycles. The van der Waals surface area contributed by atoms with Gasteiger partial charge in [-0.15, -0.1) is 0 Å². The number of carbonyl (C=O) groups is 1. The van der Waals surface area contributed by atoms with Crippen molar-refractivity contribution in [3.8, 4) is 28.8 Å². The van der Waals surface area contributed by atoms with Gasteiger partial charge < -0.3 is 20.3 Å². The maximum Gasteiger partial charge on any atom is 0.298 e. The van der Waals surface area contributed by atoms with Crippen molar-refractivity contribution < 1.29 is 9.53 Å². The van der Waals surface area contributed by atoms with E-state index < -0.39 is 0 Å². The molecule has 1 saturated heterocycles. The van der Waals surface area contributed by atoms with E-state index in [1.165, 1.54) is 5.56 Å². The highest BCUT2D eigenvalue weighted by Crippen LogP contribution is 2.26. The summed E-state index contributed by atoms with van der Waals surface area (Å²) in [6, 6.07) is 16.7. The molecule has 9 nitrogen and oxygen atoms in total. The Morgan fingerprint density at radius 2 is 2.07 bits per heavy atom. The van der Waals surface area contributed by atoms with Crippen molar-refractivity contribution >= 4 is 23.2 Å². The largest absolute Gasteiger partial charge is 0.493 e. The molecule has 0 saturated carbocycles. The summed E-state index contributed by atoms with van der Waals surface area (Å²) in [4.78, 5) is 27.6. The first-order chi connectivity index (χ1) is 20.5. The summed E-state index contributed by atoms with van der Waals surface area (Å²) in [6.07, 6.45) is 7.00. The van der Waals surface area contributed by atoms with Gasteiger partial charge in [-0.05, 0) is 75.3 Å². The zero-order valence-electron chi connectivity index (χ0n) is 24.6. The Labute approximate surface area is 248 Å². The number of nitrogens with one attached hydrogen (secondary N) is 2. The fourth-order valence-electron chi connectivity index (χ4n) is 5.05. The molecule has 2 aromatic carbocycles. The minimum absolute atomic E-state index is 0.0853. The predicted molar refractivity (Wildman–Crippen MR) is 168 cm³/mol. The molecule has 0 unspecified atom stereocenters. The van der Waals surface area contributed by atoms with Gasteiger partial charge >= 0.3 is 0 Å². The summed E-state index contributed by atoms with van der Waals surface area (Å²) < 4.78 is 5.98. The number of rotatable bonds is 5. The number of benzene rings is 2. The quantitative estimate of drug-likeness (QED) is 0.351. The third-order valence-electron chi connectivity index (χ3n) is 7.42. The Hall–Kier alpha value is -4.39. The molecule has 6 bridgehead atoms. The lowest BCUT2D eigenvalue weighted by molar-refractivity contribution is -0.131. The number of hydrogen-bond acceptors (Lipinski definition) is 8. The summed E-state index contributed by atoms with van der Waals surface area (Å²) in [6.45, 7) is 7.05. The van der Waals surface area contributed by atoms with Gasteiger partial charge in [-0.25, -0.2) is 9.97 Å². The van der Waals surface area contributed by atoms with Gasteiger partial charge in [0.2, 0.25) is 5.95 Å². The normalized spacial score (nSPS) is 16.5. The van der Waals surface area contributed by atoms with Crippen LogP contribution in [-0.2, 0) is 11.3 Å². The lowest BCUT2D eigenvalue weighted by Gasteiger charge is -2.43. The van der Waals surface area contributed by atoms with Crippen molar-refractivity contribution in [3.63, 3.8) is 0 Å². The lowest BCUT2D eigenvalue weighted by Crippen LogP contribution is -2.60. The van der Waals surface area contributed by atoms with Crippen molar-refractivity contribution in [1.29, 1.82) is 0 Å². The van der Waals surface area contributed by atoms with Gasteiger partial charge in [-0.3, -0.25) is 14.6 Å². The molecule has 3 heterocycles. The van der Waals surface area contributed by atoms with Crippen LogP contribution in [0, 0.1) is 11.8 Å². The zero-order chi connectivity index (χ0) is 29.3. The zero-order valence-corrected chi connectivity index (χ0v) is 24.6. The molecule has 2 aliphatic heterocycles. The molecule has 2 N–H and O–H groups in total. The molecule has 0 atom stereocenters. The van der Waals surface area contributed by atoms with E-state index >= 15 is 0 Å². The number of ether oxygens (including phenoxy) is 1. The Balaban J connectivity index is 1.30. The first-order valence-corrected chi connectivity index (χ1v) is 14.4. The van der Waals surface area contributed by atoms with Crippen LogP contribution in [0.2, 0.25) is 0 Å². The molecule has 0 radical (unpaired) electrons. The Bertz CT molecular complexity index is 1470. The number of carbonyl (C=O) groups excluding carboxylic acids is 1. The summed E-state index contributed by atoms with van der Waals surface area (Å²) >= 11 is 0.